The summed E-state index contributed by atoms with van der Waals surface area (Å²) in [5, 5.41) is 9.25. The van der Waals surface area contributed by atoms with Crippen molar-refractivity contribution >= 4 is 0 Å². The third-order valence-electron chi connectivity index (χ3n) is 2.65. The van der Waals surface area contributed by atoms with E-state index in [1.807, 2.05) is 20.8 Å². The van der Waals surface area contributed by atoms with Crippen LogP contribution in [-0.4, -0.2) is 15.1 Å². The molecule has 4 nitrogen and oxygen atoms in total. The summed E-state index contributed by atoms with van der Waals surface area (Å²) in [6.07, 6.45) is 0. The number of phenolic OH excluding ortho intramolecular Hbond substituents is 1. The molecule has 0 aliphatic rings. The number of hydrogen-bond acceptors (Lipinski definition) is 3. The Labute approximate surface area is 105 Å². The molecule has 0 saturated carbocycles. The normalized spacial score (nSPS) is 11.5. The van der Waals surface area contributed by atoms with Crippen molar-refractivity contribution in [2.24, 2.45) is 0 Å². The van der Waals surface area contributed by atoms with Gasteiger partial charge in [-0.2, -0.15) is 0 Å². The van der Waals surface area contributed by atoms with E-state index in [9.17, 15) is 9.90 Å². The van der Waals surface area contributed by atoms with Crippen LogP contribution in [0.3, 0.4) is 0 Å². The zero-order chi connectivity index (χ0) is 13.3. The van der Waals surface area contributed by atoms with Gasteiger partial charge in [-0.05, 0) is 24.3 Å². The minimum Gasteiger partial charge on any atom is -0.508 e. The molecule has 18 heavy (non-hydrogen) atoms. The van der Waals surface area contributed by atoms with E-state index < -0.39 is 0 Å². The highest BCUT2D eigenvalue weighted by Gasteiger charge is 2.17. The first-order chi connectivity index (χ1) is 8.36. The number of aromatic hydroxyl groups is 1. The van der Waals surface area contributed by atoms with Crippen LogP contribution in [0.1, 0.15) is 26.5 Å². The van der Waals surface area contributed by atoms with Crippen LogP contribution in [-0.2, 0) is 5.41 Å². The van der Waals surface area contributed by atoms with Crippen LogP contribution in [0, 0.1) is 0 Å². The Balaban J connectivity index is 2.55. The zero-order valence-electron chi connectivity index (χ0n) is 10.7. The summed E-state index contributed by atoms with van der Waals surface area (Å²) in [5.41, 5.74) is 1.17. The highest BCUT2D eigenvalue weighted by atomic mass is 16.3. The maximum atomic E-state index is 11.7. The van der Waals surface area contributed by atoms with Gasteiger partial charge in [-0.1, -0.05) is 20.8 Å². The fourth-order valence-corrected chi connectivity index (χ4v) is 1.60. The number of rotatable bonds is 1. The highest BCUT2D eigenvalue weighted by molar-refractivity contribution is 5.56. The number of phenols is 1. The summed E-state index contributed by atoms with van der Waals surface area (Å²) < 4.78 is 0. The van der Waals surface area contributed by atoms with Crippen LogP contribution in [0.4, 0.5) is 0 Å². The smallest absolute Gasteiger partial charge is 0.251 e. The first kappa shape index (κ1) is 12.4. The number of benzene rings is 1. The molecule has 0 aliphatic heterocycles. The molecule has 2 rings (SSSR count). The molecule has 1 aromatic heterocycles. The summed E-state index contributed by atoms with van der Waals surface area (Å²) in [5.74, 6) is 0.709. The number of nitrogens with zero attached hydrogens (tertiary/aromatic N) is 1. The topological polar surface area (TPSA) is 66.0 Å². The Hall–Kier alpha value is -2.10. The number of aromatic nitrogens is 2. The van der Waals surface area contributed by atoms with E-state index in [1.54, 1.807) is 24.3 Å². The fourth-order valence-electron chi connectivity index (χ4n) is 1.60. The van der Waals surface area contributed by atoms with E-state index in [0.29, 0.717) is 5.82 Å². The van der Waals surface area contributed by atoms with Crippen LogP contribution in [0.25, 0.3) is 11.4 Å². The van der Waals surface area contributed by atoms with Crippen molar-refractivity contribution in [3.05, 3.63) is 46.4 Å². The lowest BCUT2D eigenvalue weighted by atomic mass is 9.92. The molecule has 0 spiro atoms. The largest absolute Gasteiger partial charge is 0.508 e. The van der Waals surface area contributed by atoms with Crippen LogP contribution in [0.2, 0.25) is 0 Å². The highest BCUT2D eigenvalue weighted by Crippen LogP contribution is 2.22. The molecule has 0 amide bonds. The SMILES string of the molecule is CC(C)(C)c1cc(=O)[nH]c(-c2ccc(O)cc2)n1. The maximum absolute atomic E-state index is 11.7. The third kappa shape index (κ3) is 2.59. The summed E-state index contributed by atoms with van der Waals surface area (Å²) in [7, 11) is 0. The number of nitrogens with one attached hydrogen (secondary N) is 1. The molecular weight excluding hydrogens is 228 g/mol. The van der Waals surface area contributed by atoms with Crippen molar-refractivity contribution in [2.45, 2.75) is 26.2 Å². The lowest BCUT2D eigenvalue weighted by Crippen LogP contribution is -2.19. The van der Waals surface area contributed by atoms with Gasteiger partial charge in [-0.3, -0.25) is 4.79 Å². The van der Waals surface area contributed by atoms with Gasteiger partial charge in [0, 0.05) is 17.0 Å². The van der Waals surface area contributed by atoms with Crippen molar-refractivity contribution in [1.82, 2.24) is 9.97 Å². The van der Waals surface area contributed by atoms with E-state index in [2.05, 4.69) is 9.97 Å². The van der Waals surface area contributed by atoms with Gasteiger partial charge in [0.25, 0.3) is 5.56 Å². The number of H-pyrrole nitrogens is 1. The summed E-state index contributed by atoms with van der Waals surface area (Å²) in [6, 6.07) is 8.10. The van der Waals surface area contributed by atoms with Gasteiger partial charge in [0.05, 0.1) is 5.69 Å². The van der Waals surface area contributed by atoms with E-state index in [-0.39, 0.29) is 16.7 Å². The monoisotopic (exact) mass is 244 g/mol. The standard InChI is InChI=1S/C14H16N2O2/c1-14(2,3)11-8-12(18)16-13(15-11)9-4-6-10(17)7-5-9/h4-8,17H,1-3H3,(H,15,16,18). The van der Waals surface area contributed by atoms with Crippen molar-refractivity contribution < 1.29 is 5.11 Å². The van der Waals surface area contributed by atoms with Gasteiger partial charge in [-0.25, -0.2) is 4.98 Å². The molecule has 0 atom stereocenters. The lowest BCUT2D eigenvalue weighted by molar-refractivity contribution is 0.475. The van der Waals surface area contributed by atoms with Crippen LogP contribution >= 0.6 is 0 Å². The van der Waals surface area contributed by atoms with E-state index >= 15 is 0 Å². The molecule has 1 heterocycles. The summed E-state index contributed by atoms with van der Waals surface area (Å²) in [6.45, 7) is 6.03. The Morgan fingerprint density at radius 1 is 1.17 bits per heavy atom. The van der Waals surface area contributed by atoms with Gasteiger partial charge in [0.2, 0.25) is 0 Å². The second-order valence-corrected chi connectivity index (χ2v) is 5.28. The Morgan fingerprint density at radius 2 is 1.78 bits per heavy atom. The first-order valence-electron chi connectivity index (χ1n) is 5.77. The molecule has 1 aromatic carbocycles. The molecule has 0 unspecified atom stereocenters. The summed E-state index contributed by atoms with van der Waals surface area (Å²) >= 11 is 0. The molecular formula is C14H16N2O2. The van der Waals surface area contributed by atoms with Gasteiger partial charge >= 0.3 is 0 Å². The van der Waals surface area contributed by atoms with Gasteiger partial charge in [0.1, 0.15) is 11.6 Å². The second-order valence-electron chi connectivity index (χ2n) is 5.28. The molecule has 2 aromatic rings. The molecule has 2 N–H and O–H groups in total. The van der Waals surface area contributed by atoms with Gasteiger partial charge in [-0.15, -0.1) is 0 Å². The second kappa shape index (κ2) is 4.29. The van der Waals surface area contributed by atoms with Crippen molar-refractivity contribution in [3.8, 4) is 17.1 Å². The predicted octanol–water partition coefficient (Wildman–Crippen LogP) is 2.44. The summed E-state index contributed by atoms with van der Waals surface area (Å²) in [4.78, 5) is 18.8. The van der Waals surface area contributed by atoms with Crippen LogP contribution in [0.15, 0.2) is 35.1 Å². The average Bonchev–Trinajstić information content (AvgIpc) is 2.28. The Morgan fingerprint density at radius 3 is 2.33 bits per heavy atom. The van der Waals surface area contributed by atoms with E-state index in [1.165, 1.54) is 6.07 Å². The molecule has 0 saturated heterocycles. The quantitative estimate of drug-likeness (QED) is 0.809. The number of aromatic amines is 1. The molecule has 0 bridgehead atoms. The lowest BCUT2D eigenvalue weighted by Gasteiger charge is -2.17. The average molecular weight is 244 g/mol. The zero-order valence-corrected chi connectivity index (χ0v) is 10.7. The van der Waals surface area contributed by atoms with E-state index in [0.717, 1.165) is 11.3 Å². The van der Waals surface area contributed by atoms with Crippen LogP contribution in [0.5, 0.6) is 5.75 Å². The molecule has 0 radical (unpaired) electrons. The predicted molar refractivity (Wildman–Crippen MR) is 70.7 cm³/mol. The van der Waals surface area contributed by atoms with Crippen molar-refractivity contribution in [1.29, 1.82) is 0 Å². The van der Waals surface area contributed by atoms with Crippen molar-refractivity contribution in [3.63, 3.8) is 0 Å². The number of hydrogen-bond donors (Lipinski definition) is 2. The Kier molecular flexibility index (Phi) is 2.95. The van der Waals surface area contributed by atoms with Gasteiger partial charge in [0.15, 0.2) is 0 Å². The molecule has 4 heteroatoms. The minimum atomic E-state index is -0.181. The van der Waals surface area contributed by atoms with Gasteiger partial charge < -0.3 is 10.1 Å². The Bertz CT molecular complexity index is 607. The maximum Gasteiger partial charge on any atom is 0.251 e. The van der Waals surface area contributed by atoms with E-state index in [4.69, 9.17) is 0 Å². The third-order valence-corrected chi connectivity index (χ3v) is 2.65. The molecule has 0 aliphatic carbocycles. The first-order valence-corrected chi connectivity index (χ1v) is 5.77. The van der Waals surface area contributed by atoms with Crippen LogP contribution < -0.4 is 5.56 Å². The fraction of sp³-hybridized carbons (Fsp3) is 0.286. The molecule has 0 fully saturated rings. The molecule has 94 valence electrons. The van der Waals surface area contributed by atoms with Crippen molar-refractivity contribution in [2.75, 3.05) is 0 Å². The minimum absolute atomic E-state index is 0.169.